The second-order valence-electron chi connectivity index (χ2n) is 10.5. The Balaban J connectivity index is 1.31. The Bertz CT molecular complexity index is 2410. The molecule has 3 aromatic heterocycles. The third-order valence-electron chi connectivity index (χ3n) is 8.24. The summed E-state index contributed by atoms with van der Waals surface area (Å²) in [7, 11) is 0. The maximum absolute atomic E-state index is 5.06. The van der Waals surface area contributed by atoms with E-state index in [-0.39, 0.29) is 0 Å². The van der Waals surface area contributed by atoms with Crippen LogP contribution in [0.25, 0.3) is 72.2 Å². The van der Waals surface area contributed by atoms with Crippen LogP contribution in [-0.4, -0.2) is 18.5 Å². The minimum Gasteiger partial charge on any atom is -0.309 e. The van der Waals surface area contributed by atoms with Crippen molar-refractivity contribution < 1.29 is 0 Å². The number of fused-ring (bicyclic) bond motifs is 8. The lowest BCUT2D eigenvalue weighted by molar-refractivity contribution is 1.11. The van der Waals surface area contributed by atoms with Crippen LogP contribution in [0.2, 0.25) is 0 Å². The molecule has 0 bridgehead atoms. The summed E-state index contributed by atoms with van der Waals surface area (Å²) in [5.41, 5.74) is 11.5. The fourth-order valence-corrected chi connectivity index (χ4v) is 6.42. The lowest BCUT2D eigenvalue weighted by Gasteiger charge is -2.08. The molecule has 6 aromatic carbocycles. The van der Waals surface area contributed by atoms with E-state index in [0.717, 1.165) is 33.5 Å². The Labute approximate surface area is 236 Å². The highest BCUT2D eigenvalue weighted by Gasteiger charge is 2.18. The molecule has 0 unspecified atom stereocenters. The van der Waals surface area contributed by atoms with Crippen LogP contribution >= 0.6 is 0 Å². The van der Waals surface area contributed by atoms with Gasteiger partial charge in [-0.1, -0.05) is 78.9 Å². The average molecular weight is 525 g/mol. The van der Waals surface area contributed by atoms with Gasteiger partial charge in [0.2, 0.25) is 5.78 Å². The molecule has 0 fully saturated rings. The lowest BCUT2D eigenvalue weighted by atomic mass is 10.0. The molecule has 0 aliphatic rings. The Kier molecular flexibility index (Phi) is 4.58. The van der Waals surface area contributed by atoms with E-state index in [1.807, 2.05) is 0 Å². The van der Waals surface area contributed by atoms with Crippen molar-refractivity contribution in [2.75, 3.05) is 0 Å². The minimum atomic E-state index is 0.922. The van der Waals surface area contributed by atoms with Crippen LogP contribution in [0.3, 0.4) is 0 Å². The highest BCUT2D eigenvalue weighted by molar-refractivity contribution is 6.10. The van der Waals surface area contributed by atoms with Crippen LogP contribution in [0.1, 0.15) is 0 Å². The number of nitrogens with zero attached hydrogens (tertiary/aromatic N) is 4. The second kappa shape index (κ2) is 8.44. The summed E-state index contributed by atoms with van der Waals surface area (Å²) in [5, 5.41) is 2.51. The van der Waals surface area contributed by atoms with Crippen molar-refractivity contribution in [1.29, 1.82) is 0 Å². The normalized spacial score (nSPS) is 11.9. The Morgan fingerprint density at radius 2 is 0.976 bits per heavy atom. The van der Waals surface area contributed by atoms with Gasteiger partial charge < -0.3 is 4.57 Å². The van der Waals surface area contributed by atoms with Crippen molar-refractivity contribution in [3.63, 3.8) is 0 Å². The van der Waals surface area contributed by atoms with E-state index >= 15 is 0 Å². The van der Waals surface area contributed by atoms with E-state index in [1.54, 1.807) is 0 Å². The second-order valence-corrected chi connectivity index (χ2v) is 10.5. The highest BCUT2D eigenvalue weighted by Crippen LogP contribution is 2.37. The number of hydrogen-bond acceptors (Lipinski definition) is 1. The smallest absolute Gasteiger partial charge is 0.220 e. The van der Waals surface area contributed by atoms with E-state index in [4.69, 9.17) is 4.98 Å². The largest absolute Gasteiger partial charge is 0.309 e. The average Bonchev–Trinajstić information content (AvgIpc) is 3.68. The molecule has 0 spiro atoms. The molecule has 41 heavy (non-hydrogen) atoms. The molecule has 0 atom stereocenters. The summed E-state index contributed by atoms with van der Waals surface area (Å²) in [6.45, 7) is 0. The van der Waals surface area contributed by atoms with E-state index in [1.165, 1.54) is 38.6 Å². The molecule has 4 heteroatoms. The number of imidazole rings is 2. The summed E-state index contributed by atoms with van der Waals surface area (Å²) in [6.07, 6.45) is 0. The van der Waals surface area contributed by atoms with Gasteiger partial charge in [-0.15, -0.1) is 0 Å². The first kappa shape index (κ1) is 22.2. The lowest BCUT2D eigenvalue weighted by Crippen LogP contribution is -1.94. The number of aromatic nitrogens is 4. The van der Waals surface area contributed by atoms with Crippen molar-refractivity contribution >= 4 is 49.7 Å². The maximum Gasteiger partial charge on any atom is 0.220 e. The van der Waals surface area contributed by atoms with Gasteiger partial charge in [-0.05, 0) is 77.9 Å². The molecule has 192 valence electrons. The van der Waals surface area contributed by atoms with Gasteiger partial charge in [-0.25, -0.2) is 4.98 Å². The standard InChI is InChI=1S/C37H24N4/c1-3-11-27(12-4-1)39-32-17-9-7-15-29(32)30-23-25(19-21-33(30)39)26-20-22-35-36(24-26)41-34-18-10-8-16-31(34)38-37(41)40(35)28-13-5-2-6-14-28/h1-24H. The fourth-order valence-electron chi connectivity index (χ4n) is 6.42. The number of hydrogen-bond donors (Lipinski definition) is 0. The Morgan fingerprint density at radius 1 is 0.390 bits per heavy atom. The van der Waals surface area contributed by atoms with Gasteiger partial charge in [-0.3, -0.25) is 8.97 Å². The topological polar surface area (TPSA) is 27.2 Å². The zero-order valence-corrected chi connectivity index (χ0v) is 22.1. The first-order valence-electron chi connectivity index (χ1n) is 13.9. The monoisotopic (exact) mass is 524 g/mol. The molecule has 0 saturated heterocycles. The Morgan fingerprint density at radius 3 is 1.76 bits per heavy atom. The van der Waals surface area contributed by atoms with Gasteiger partial charge in [0.25, 0.3) is 0 Å². The van der Waals surface area contributed by atoms with Crippen LogP contribution < -0.4 is 0 Å². The third kappa shape index (κ3) is 3.19. The number of benzene rings is 6. The summed E-state index contributed by atoms with van der Waals surface area (Å²) in [5.74, 6) is 0.922. The molecule has 0 aliphatic heterocycles. The van der Waals surface area contributed by atoms with Crippen molar-refractivity contribution in [3.8, 4) is 22.5 Å². The maximum atomic E-state index is 5.06. The van der Waals surface area contributed by atoms with Crippen molar-refractivity contribution in [3.05, 3.63) is 146 Å². The highest BCUT2D eigenvalue weighted by atomic mass is 15.2. The molecular weight excluding hydrogens is 500 g/mol. The summed E-state index contributed by atoms with van der Waals surface area (Å²) >= 11 is 0. The van der Waals surface area contributed by atoms with Crippen LogP contribution in [0.5, 0.6) is 0 Å². The summed E-state index contributed by atoms with van der Waals surface area (Å²) < 4.78 is 6.91. The molecule has 3 heterocycles. The molecule has 0 amide bonds. The van der Waals surface area contributed by atoms with Crippen LogP contribution in [0.4, 0.5) is 0 Å². The van der Waals surface area contributed by atoms with Gasteiger partial charge in [0.15, 0.2) is 0 Å². The zero-order valence-electron chi connectivity index (χ0n) is 22.1. The minimum absolute atomic E-state index is 0.922. The first-order chi connectivity index (χ1) is 20.3. The van der Waals surface area contributed by atoms with Gasteiger partial charge in [0, 0.05) is 22.1 Å². The van der Waals surface area contributed by atoms with E-state index in [0.29, 0.717) is 0 Å². The van der Waals surface area contributed by atoms with Gasteiger partial charge >= 0.3 is 0 Å². The molecule has 0 aliphatic carbocycles. The van der Waals surface area contributed by atoms with Gasteiger partial charge in [0.05, 0.1) is 33.1 Å². The molecule has 9 aromatic rings. The summed E-state index contributed by atoms with van der Waals surface area (Å²) in [4.78, 5) is 5.06. The quantitative estimate of drug-likeness (QED) is 0.226. The zero-order chi connectivity index (χ0) is 26.9. The first-order valence-corrected chi connectivity index (χ1v) is 13.9. The molecule has 0 radical (unpaired) electrons. The molecule has 4 nitrogen and oxygen atoms in total. The SMILES string of the molecule is c1ccc(-n2c3ccccc3c3cc(-c4ccc5c(c4)n4c6ccccc6nc4n5-c4ccccc4)ccc32)cc1. The number of para-hydroxylation sites is 5. The van der Waals surface area contributed by atoms with Crippen molar-refractivity contribution in [2.45, 2.75) is 0 Å². The van der Waals surface area contributed by atoms with E-state index in [2.05, 4.69) is 159 Å². The molecule has 9 rings (SSSR count). The molecule has 0 N–H and O–H groups in total. The number of rotatable bonds is 3. The van der Waals surface area contributed by atoms with E-state index in [9.17, 15) is 0 Å². The predicted molar refractivity (Wildman–Crippen MR) is 169 cm³/mol. The van der Waals surface area contributed by atoms with Gasteiger partial charge in [-0.2, -0.15) is 0 Å². The van der Waals surface area contributed by atoms with Gasteiger partial charge in [0.1, 0.15) is 0 Å². The van der Waals surface area contributed by atoms with Crippen LogP contribution in [0, 0.1) is 0 Å². The Hall–Kier alpha value is -5.61. The fraction of sp³-hybridized carbons (Fsp3) is 0. The summed E-state index contributed by atoms with van der Waals surface area (Å²) in [6, 6.07) is 51.8. The van der Waals surface area contributed by atoms with E-state index < -0.39 is 0 Å². The van der Waals surface area contributed by atoms with Crippen molar-refractivity contribution in [2.24, 2.45) is 0 Å². The predicted octanol–water partition coefficient (Wildman–Crippen LogP) is 9.20. The third-order valence-corrected chi connectivity index (χ3v) is 8.24. The van der Waals surface area contributed by atoms with Crippen LogP contribution in [0.15, 0.2) is 146 Å². The molecular formula is C37H24N4. The van der Waals surface area contributed by atoms with Crippen LogP contribution in [-0.2, 0) is 0 Å². The molecule has 0 saturated carbocycles. The van der Waals surface area contributed by atoms with Crippen molar-refractivity contribution in [1.82, 2.24) is 18.5 Å².